The van der Waals surface area contributed by atoms with Crippen LogP contribution in [-0.4, -0.2) is 66.9 Å². The van der Waals surface area contributed by atoms with Gasteiger partial charge in [0.1, 0.15) is 28.6 Å². The van der Waals surface area contributed by atoms with Crippen molar-refractivity contribution in [2.45, 2.75) is 25.5 Å². The second kappa shape index (κ2) is 10.3. The first-order valence-corrected chi connectivity index (χ1v) is 12.8. The SMILES string of the molecule is COc1cc(OC)c2c(c1Cl)O[C@]1(C2=O)C(O)=C(C=NCc2nc(-c3ccc(N(C)C)cc3)no2)C(=O)C[C@H]1C. The highest BCUT2D eigenvalue weighted by Gasteiger charge is 2.60. The summed E-state index contributed by atoms with van der Waals surface area (Å²) in [6, 6.07) is 9.11. The van der Waals surface area contributed by atoms with Crippen molar-refractivity contribution in [1.82, 2.24) is 10.1 Å². The van der Waals surface area contributed by atoms with Crippen LogP contribution in [0.5, 0.6) is 17.2 Å². The number of hydrogen-bond acceptors (Lipinski definition) is 11. The molecule has 0 saturated carbocycles. The molecule has 1 aliphatic carbocycles. The molecule has 0 saturated heterocycles. The van der Waals surface area contributed by atoms with E-state index in [0.717, 1.165) is 11.3 Å². The molecule has 5 rings (SSSR count). The molecule has 1 aliphatic heterocycles. The van der Waals surface area contributed by atoms with Gasteiger partial charge in [-0.1, -0.05) is 23.7 Å². The van der Waals surface area contributed by atoms with Crippen LogP contribution in [0.3, 0.4) is 0 Å². The third kappa shape index (κ3) is 4.26. The fourth-order valence-electron chi connectivity index (χ4n) is 4.87. The van der Waals surface area contributed by atoms with Crippen LogP contribution in [0, 0.1) is 5.92 Å². The van der Waals surface area contributed by atoms with Crippen LogP contribution in [0.4, 0.5) is 5.69 Å². The molecule has 1 aromatic heterocycles. The molecule has 11 nitrogen and oxygen atoms in total. The van der Waals surface area contributed by atoms with Crippen molar-refractivity contribution in [1.29, 1.82) is 0 Å². The highest BCUT2D eigenvalue weighted by molar-refractivity contribution is 6.35. The normalized spacial score (nSPS) is 20.3. The Balaban J connectivity index is 1.43. The number of carbonyl (C=O) groups is 2. The molecule has 2 aromatic carbocycles. The summed E-state index contributed by atoms with van der Waals surface area (Å²) in [5, 5.41) is 15.4. The highest BCUT2D eigenvalue weighted by atomic mass is 35.5. The van der Waals surface area contributed by atoms with Gasteiger partial charge in [-0.05, 0) is 24.3 Å². The van der Waals surface area contributed by atoms with Crippen molar-refractivity contribution < 1.29 is 33.4 Å². The van der Waals surface area contributed by atoms with E-state index in [1.807, 2.05) is 43.3 Å². The average molecular weight is 567 g/mol. The molecule has 2 atom stereocenters. The van der Waals surface area contributed by atoms with Crippen LogP contribution in [0.15, 0.2) is 51.2 Å². The van der Waals surface area contributed by atoms with Crippen LogP contribution >= 0.6 is 11.6 Å². The average Bonchev–Trinajstić information content (AvgIpc) is 3.54. The van der Waals surface area contributed by atoms with Crippen LogP contribution in [0.1, 0.15) is 29.6 Å². The van der Waals surface area contributed by atoms with Gasteiger partial charge < -0.3 is 28.7 Å². The maximum atomic E-state index is 13.8. The Morgan fingerprint density at radius 3 is 2.55 bits per heavy atom. The van der Waals surface area contributed by atoms with Crippen molar-refractivity contribution >= 4 is 35.1 Å². The van der Waals surface area contributed by atoms with Gasteiger partial charge in [-0.25, -0.2) is 0 Å². The number of methoxy groups -OCH3 is 2. The van der Waals surface area contributed by atoms with Gasteiger partial charge in [-0.2, -0.15) is 4.98 Å². The summed E-state index contributed by atoms with van der Waals surface area (Å²) in [5.41, 5.74) is -0.167. The number of fused-ring (bicyclic) bond motifs is 1. The van der Waals surface area contributed by atoms with Gasteiger partial charge in [0.15, 0.2) is 17.3 Å². The number of aromatic nitrogens is 2. The third-order valence-corrected chi connectivity index (χ3v) is 7.43. The smallest absolute Gasteiger partial charge is 0.248 e. The number of allylic oxidation sites excluding steroid dienone is 1. The molecule has 2 aliphatic rings. The number of halogens is 1. The van der Waals surface area contributed by atoms with Crippen LogP contribution in [-0.2, 0) is 11.3 Å². The maximum Gasteiger partial charge on any atom is 0.248 e. The Kier molecular flexibility index (Phi) is 7.01. The molecule has 0 unspecified atom stereocenters. The molecule has 3 aromatic rings. The minimum absolute atomic E-state index is 0.0175. The summed E-state index contributed by atoms with van der Waals surface area (Å²) in [4.78, 5) is 37.3. The summed E-state index contributed by atoms with van der Waals surface area (Å²) in [7, 11) is 6.71. The second-order valence-electron chi connectivity index (χ2n) is 9.68. The number of benzene rings is 2. The van der Waals surface area contributed by atoms with Gasteiger partial charge in [-0.3, -0.25) is 14.6 Å². The molecule has 1 N–H and O–H groups in total. The largest absolute Gasteiger partial charge is 0.507 e. The number of hydrogen-bond donors (Lipinski definition) is 1. The minimum atomic E-state index is -1.88. The number of ether oxygens (including phenoxy) is 3. The van der Waals surface area contributed by atoms with E-state index in [2.05, 4.69) is 15.1 Å². The summed E-state index contributed by atoms with van der Waals surface area (Å²) < 4.78 is 22.1. The maximum absolute atomic E-state index is 13.8. The first kappa shape index (κ1) is 27.2. The molecular weight excluding hydrogens is 540 g/mol. The van der Waals surface area contributed by atoms with E-state index in [4.69, 9.17) is 30.3 Å². The first-order valence-electron chi connectivity index (χ1n) is 12.4. The van der Waals surface area contributed by atoms with Crippen LogP contribution < -0.4 is 19.1 Å². The quantitative estimate of drug-likeness (QED) is 0.407. The zero-order chi connectivity index (χ0) is 28.8. The van der Waals surface area contributed by atoms with E-state index >= 15 is 0 Å². The lowest BCUT2D eigenvalue weighted by Gasteiger charge is -2.36. The van der Waals surface area contributed by atoms with Crippen molar-refractivity contribution in [2.75, 3.05) is 33.2 Å². The fourth-order valence-corrected chi connectivity index (χ4v) is 5.14. The number of aliphatic hydroxyl groups excluding tert-OH is 1. The lowest BCUT2D eigenvalue weighted by molar-refractivity contribution is -0.118. The molecule has 0 bridgehead atoms. The monoisotopic (exact) mass is 566 g/mol. The molecule has 12 heteroatoms. The molecule has 0 amide bonds. The molecule has 1 spiro atoms. The number of nitrogens with zero attached hydrogens (tertiary/aromatic N) is 4. The number of aliphatic hydroxyl groups is 1. The van der Waals surface area contributed by atoms with Gasteiger partial charge in [0.25, 0.3) is 0 Å². The number of rotatable bonds is 7. The lowest BCUT2D eigenvalue weighted by Crippen LogP contribution is -2.52. The number of carbonyl (C=O) groups excluding carboxylic acids is 2. The molecular formula is C28H27ClN4O7. The summed E-state index contributed by atoms with van der Waals surface area (Å²) in [5.74, 6) is -1.20. The standard InChI is InChI=1S/C28H27ClN4O7/c1-14-10-18(34)17(12-30-13-21-31-27(32-40-21)15-6-8-16(9-7-15)33(2)3)25(35)28(14)26(36)22-19(37-4)11-20(38-5)23(29)24(22)39-28/h6-9,11-12,14,35H,10,13H2,1-5H3/t14-,28+/m1/s1. The number of aliphatic imine (C=N–C) groups is 1. The molecule has 208 valence electrons. The molecule has 0 radical (unpaired) electrons. The van der Waals surface area contributed by atoms with Crippen LogP contribution in [0.2, 0.25) is 5.02 Å². The van der Waals surface area contributed by atoms with Crippen molar-refractivity contribution in [3.63, 3.8) is 0 Å². The van der Waals surface area contributed by atoms with Crippen molar-refractivity contribution in [2.24, 2.45) is 10.9 Å². The Labute approximate surface area is 235 Å². The van der Waals surface area contributed by atoms with Gasteiger partial charge in [-0.15, -0.1) is 0 Å². The van der Waals surface area contributed by atoms with Crippen molar-refractivity contribution in [3.8, 4) is 28.6 Å². The third-order valence-electron chi connectivity index (χ3n) is 7.07. The predicted molar refractivity (Wildman–Crippen MR) is 147 cm³/mol. The van der Waals surface area contributed by atoms with Gasteiger partial charge >= 0.3 is 0 Å². The highest BCUT2D eigenvalue weighted by Crippen LogP contribution is 2.54. The van der Waals surface area contributed by atoms with E-state index in [1.54, 1.807) is 6.92 Å². The van der Waals surface area contributed by atoms with E-state index in [0.29, 0.717) is 5.82 Å². The summed E-state index contributed by atoms with van der Waals surface area (Å²) in [6.07, 6.45) is 1.12. The summed E-state index contributed by atoms with van der Waals surface area (Å²) in [6.45, 7) is 1.59. The number of anilines is 1. The number of Topliss-reactive ketones (excluding diaryl/α,β-unsaturated/α-hetero) is 2. The Morgan fingerprint density at radius 2 is 1.90 bits per heavy atom. The van der Waals surface area contributed by atoms with E-state index in [9.17, 15) is 14.7 Å². The van der Waals surface area contributed by atoms with E-state index in [1.165, 1.54) is 26.5 Å². The minimum Gasteiger partial charge on any atom is -0.507 e. The molecule has 0 fully saturated rings. The second-order valence-corrected chi connectivity index (χ2v) is 10.1. The molecule has 2 heterocycles. The number of ketones is 2. The summed E-state index contributed by atoms with van der Waals surface area (Å²) >= 11 is 6.46. The van der Waals surface area contributed by atoms with Gasteiger partial charge in [0, 0.05) is 50.0 Å². The predicted octanol–water partition coefficient (Wildman–Crippen LogP) is 4.48. The van der Waals surface area contributed by atoms with E-state index in [-0.39, 0.29) is 52.3 Å². The van der Waals surface area contributed by atoms with Crippen molar-refractivity contribution in [3.05, 3.63) is 58.1 Å². The van der Waals surface area contributed by atoms with E-state index < -0.39 is 28.8 Å². The first-order chi connectivity index (χ1) is 19.1. The molecule has 40 heavy (non-hydrogen) atoms. The van der Waals surface area contributed by atoms with Crippen LogP contribution in [0.25, 0.3) is 11.4 Å². The van der Waals surface area contributed by atoms with Gasteiger partial charge in [0.2, 0.25) is 23.1 Å². The Morgan fingerprint density at radius 1 is 1.20 bits per heavy atom. The van der Waals surface area contributed by atoms with Gasteiger partial charge in [0.05, 0.1) is 19.8 Å². The Hall–Kier alpha value is -4.38. The zero-order valence-corrected chi connectivity index (χ0v) is 23.3. The Bertz CT molecular complexity index is 1560. The zero-order valence-electron chi connectivity index (χ0n) is 22.5. The fraction of sp³-hybridized carbons (Fsp3) is 0.321. The topological polar surface area (TPSA) is 137 Å². The lowest BCUT2D eigenvalue weighted by atomic mass is 9.73.